The number of amides is 1. The SMILES string of the molecule is CCCC(C)N(C)C(=O)C(C#N)Cc1ccccc1. The number of rotatable bonds is 6. The molecule has 102 valence electrons. The maximum Gasteiger partial charge on any atom is 0.240 e. The van der Waals surface area contributed by atoms with Crippen molar-refractivity contribution in [2.45, 2.75) is 39.2 Å². The number of nitriles is 1. The highest BCUT2D eigenvalue weighted by Gasteiger charge is 2.24. The number of hydrogen-bond acceptors (Lipinski definition) is 2. The average Bonchev–Trinajstić information content (AvgIpc) is 2.44. The van der Waals surface area contributed by atoms with Gasteiger partial charge in [0.1, 0.15) is 5.92 Å². The average molecular weight is 258 g/mol. The Morgan fingerprint density at radius 3 is 2.53 bits per heavy atom. The summed E-state index contributed by atoms with van der Waals surface area (Å²) in [4.78, 5) is 14.0. The molecule has 1 rings (SSSR count). The van der Waals surface area contributed by atoms with Crippen molar-refractivity contribution in [3.05, 3.63) is 35.9 Å². The Bertz CT molecular complexity index is 436. The molecule has 0 aliphatic heterocycles. The summed E-state index contributed by atoms with van der Waals surface area (Å²) < 4.78 is 0. The summed E-state index contributed by atoms with van der Waals surface area (Å²) in [6, 6.07) is 12.0. The van der Waals surface area contributed by atoms with Crippen LogP contribution in [0.3, 0.4) is 0 Å². The third-order valence-electron chi connectivity index (χ3n) is 3.45. The lowest BCUT2D eigenvalue weighted by Gasteiger charge is -2.26. The van der Waals surface area contributed by atoms with Crippen molar-refractivity contribution in [1.82, 2.24) is 4.90 Å². The largest absolute Gasteiger partial charge is 0.342 e. The topological polar surface area (TPSA) is 44.1 Å². The standard InChI is InChI=1S/C16H22N2O/c1-4-8-13(2)18(3)16(19)15(12-17)11-14-9-6-5-7-10-14/h5-7,9-10,13,15H,4,8,11H2,1-3H3. The zero-order valence-electron chi connectivity index (χ0n) is 12.0. The van der Waals surface area contributed by atoms with Crippen LogP contribution in [-0.2, 0) is 11.2 Å². The Kier molecular flexibility index (Phi) is 6.08. The molecular formula is C16H22N2O. The molecule has 0 fully saturated rings. The zero-order chi connectivity index (χ0) is 14.3. The van der Waals surface area contributed by atoms with Gasteiger partial charge in [-0.2, -0.15) is 5.26 Å². The first-order valence-corrected chi connectivity index (χ1v) is 6.80. The van der Waals surface area contributed by atoms with E-state index in [1.807, 2.05) is 37.3 Å². The van der Waals surface area contributed by atoms with E-state index in [9.17, 15) is 10.1 Å². The van der Waals surface area contributed by atoms with E-state index in [-0.39, 0.29) is 11.9 Å². The molecule has 0 aliphatic rings. The molecule has 2 atom stereocenters. The monoisotopic (exact) mass is 258 g/mol. The summed E-state index contributed by atoms with van der Waals surface area (Å²) in [6.07, 6.45) is 2.49. The van der Waals surface area contributed by atoms with E-state index in [1.54, 1.807) is 11.9 Å². The lowest BCUT2D eigenvalue weighted by molar-refractivity contribution is -0.134. The van der Waals surface area contributed by atoms with Crippen LogP contribution in [0.1, 0.15) is 32.3 Å². The van der Waals surface area contributed by atoms with Crippen molar-refractivity contribution >= 4 is 5.91 Å². The van der Waals surface area contributed by atoms with Crippen molar-refractivity contribution in [3.63, 3.8) is 0 Å². The van der Waals surface area contributed by atoms with Gasteiger partial charge in [-0.1, -0.05) is 43.7 Å². The fourth-order valence-corrected chi connectivity index (χ4v) is 2.11. The molecule has 19 heavy (non-hydrogen) atoms. The summed E-state index contributed by atoms with van der Waals surface area (Å²) >= 11 is 0. The van der Waals surface area contributed by atoms with Crippen LogP contribution in [0.4, 0.5) is 0 Å². The minimum atomic E-state index is -0.591. The minimum absolute atomic E-state index is 0.0766. The number of benzene rings is 1. The molecule has 3 nitrogen and oxygen atoms in total. The minimum Gasteiger partial charge on any atom is -0.342 e. The van der Waals surface area contributed by atoms with Crippen LogP contribution in [0.15, 0.2) is 30.3 Å². The molecule has 1 aromatic carbocycles. The molecule has 0 heterocycles. The van der Waals surface area contributed by atoms with E-state index in [2.05, 4.69) is 13.0 Å². The Labute approximate surface area is 115 Å². The Balaban J connectivity index is 2.70. The number of hydrogen-bond donors (Lipinski definition) is 0. The number of carbonyl (C=O) groups excluding carboxylic acids is 1. The first-order chi connectivity index (χ1) is 9.10. The van der Waals surface area contributed by atoms with Gasteiger partial charge in [0, 0.05) is 13.1 Å². The summed E-state index contributed by atoms with van der Waals surface area (Å²) in [5, 5.41) is 9.22. The summed E-state index contributed by atoms with van der Waals surface area (Å²) in [7, 11) is 1.79. The van der Waals surface area contributed by atoms with Gasteiger partial charge in [0.25, 0.3) is 0 Å². The summed E-state index contributed by atoms with van der Waals surface area (Å²) in [6.45, 7) is 4.12. The van der Waals surface area contributed by atoms with Gasteiger partial charge >= 0.3 is 0 Å². The quantitative estimate of drug-likeness (QED) is 0.787. The van der Waals surface area contributed by atoms with E-state index in [4.69, 9.17) is 0 Å². The molecule has 1 aromatic rings. The van der Waals surface area contributed by atoms with Crippen LogP contribution in [0.25, 0.3) is 0 Å². The Hall–Kier alpha value is -1.82. The van der Waals surface area contributed by atoms with Crippen LogP contribution in [0, 0.1) is 17.2 Å². The van der Waals surface area contributed by atoms with Crippen molar-refractivity contribution in [3.8, 4) is 6.07 Å². The van der Waals surface area contributed by atoms with Gasteiger partial charge in [-0.25, -0.2) is 0 Å². The Morgan fingerprint density at radius 1 is 1.37 bits per heavy atom. The lowest BCUT2D eigenvalue weighted by Crippen LogP contribution is -2.39. The fraction of sp³-hybridized carbons (Fsp3) is 0.500. The fourth-order valence-electron chi connectivity index (χ4n) is 2.11. The van der Waals surface area contributed by atoms with Crippen LogP contribution in [0.5, 0.6) is 0 Å². The second-order valence-electron chi connectivity index (χ2n) is 4.96. The highest BCUT2D eigenvalue weighted by atomic mass is 16.2. The maximum atomic E-state index is 12.3. The molecule has 0 radical (unpaired) electrons. The van der Waals surface area contributed by atoms with Crippen LogP contribution >= 0.6 is 0 Å². The molecule has 3 heteroatoms. The van der Waals surface area contributed by atoms with Crippen LogP contribution in [-0.4, -0.2) is 23.9 Å². The van der Waals surface area contributed by atoms with Gasteiger partial charge < -0.3 is 4.90 Å². The number of nitrogens with zero attached hydrogens (tertiary/aromatic N) is 2. The van der Waals surface area contributed by atoms with Gasteiger partial charge in [-0.3, -0.25) is 4.79 Å². The van der Waals surface area contributed by atoms with E-state index in [0.717, 1.165) is 18.4 Å². The molecule has 0 spiro atoms. The lowest BCUT2D eigenvalue weighted by atomic mass is 9.98. The van der Waals surface area contributed by atoms with Crippen molar-refractivity contribution in [2.24, 2.45) is 5.92 Å². The smallest absolute Gasteiger partial charge is 0.240 e. The second kappa shape index (κ2) is 7.58. The van der Waals surface area contributed by atoms with Gasteiger partial charge in [0.05, 0.1) is 6.07 Å². The maximum absolute atomic E-state index is 12.3. The highest BCUT2D eigenvalue weighted by molar-refractivity contribution is 5.81. The van der Waals surface area contributed by atoms with Crippen molar-refractivity contribution in [1.29, 1.82) is 5.26 Å². The first-order valence-electron chi connectivity index (χ1n) is 6.80. The zero-order valence-corrected chi connectivity index (χ0v) is 12.0. The van der Waals surface area contributed by atoms with Gasteiger partial charge in [0.15, 0.2) is 0 Å². The Morgan fingerprint density at radius 2 is 2.00 bits per heavy atom. The van der Waals surface area contributed by atoms with E-state index < -0.39 is 5.92 Å². The van der Waals surface area contributed by atoms with E-state index in [0.29, 0.717) is 6.42 Å². The third kappa shape index (κ3) is 4.40. The van der Waals surface area contributed by atoms with Gasteiger partial charge in [0.2, 0.25) is 5.91 Å². The summed E-state index contributed by atoms with van der Waals surface area (Å²) in [5.74, 6) is -0.668. The van der Waals surface area contributed by atoms with Crippen LogP contribution in [0.2, 0.25) is 0 Å². The van der Waals surface area contributed by atoms with Crippen molar-refractivity contribution in [2.75, 3.05) is 7.05 Å². The molecule has 0 aliphatic carbocycles. The van der Waals surface area contributed by atoms with Gasteiger partial charge in [-0.05, 0) is 25.3 Å². The highest BCUT2D eigenvalue weighted by Crippen LogP contribution is 2.14. The molecular weight excluding hydrogens is 236 g/mol. The predicted octanol–water partition coefficient (Wildman–Crippen LogP) is 3.02. The second-order valence-corrected chi connectivity index (χ2v) is 4.96. The molecule has 1 amide bonds. The predicted molar refractivity (Wildman–Crippen MR) is 76.4 cm³/mol. The molecule has 0 saturated heterocycles. The van der Waals surface area contributed by atoms with E-state index in [1.165, 1.54) is 0 Å². The van der Waals surface area contributed by atoms with Crippen LogP contribution < -0.4 is 0 Å². The molecule has 2 unspecified atom stereocenters. The number of carbonyl (C=O) groups is 1. The summed E-state index contributed by atoms with van der Waals surface area (Å²) in [5.41, 5.74) is 1.03. The molecule has 0 aromatic heterocycles. The van der Waals surface area contributed by atoms with Gasteiger partial charge in [-0.15, -0.1) is 0 Å². The third-order valence-corrected chi connectivity index (χ3v) is 3.45. The molecule has 0 bridgehead atoms. The first kappa shape index (κ1) is 15.2. The molecule has 0 saturated carbocycles. The van der Waals surface area contributed by atoms with E-state index >= 15 is 0 Å². The molecule has 0 N–H and O–H groups in total. The van der Waals surface area contributed by atoms with Crippen molar-refractivity contribution < 1.29 is 4.79 Å². The normalized spacial score (nSPS) is 13.4.